The van der Waals surface area contributed by atoms with Crippen molar-refractivity contribution in [2.45, 2.75) is 13.5 Å². The van der Waals surface area contributed by atoms with Crippen LogP contribution in [0.1, 0.15) is 33.3 Å². The highest BCUT2D eigenvalue weighted by atomic mass is 32.1. The van der Waals surface area contributed by atoms with E-state index in [1.807, 2.05) is 70.9 Å². The van der Waals surface area contributed by atoms with Gasteiger partial charge >= 0.3 is 0 Å². The molecule has 2 heterocycles. The Morgan fingerprint density at radius 1 is 0.967 bits per heavy atom. The molecule has 0 aliphatic heterocycles. The largest absolute Gasteiger partial charge is 0.346 e. The second-order valence-electron chi connectivity index (χ2n) is 6.72. The second kappa shape index (κ2) is 8.75. The molecule has 7 heteroatoms. The lowest BCUT2D eigenvalue weighted by molar-refractivity contribution is 0.0949. The molecule has 0 aliphatic rings. The molecule has 4 rings (SSSR count). The van der Waals surface area contributed by atoms with Gasteiger partial charge in [0.05, 0.1) is 12.2 Å². The van der Waals surface area contributed by atoms with Crippen molar-refractivity contribution in [1.82, 2.24) is 14.9 Å². The highest BCUT2D eigenvalue weighted by Gasteiger charge is 2.08. The first kappa shape index (κ1) is 19.6. The molecule has 2 aromatic carbocycles. The lowest BCUT2D eigenvalue weighted by Crippen LogP contribution is -2.22. The Bertz CT molecular complexity index is 1150. The van der Waals surface area contributed by atoms with Gasteiger partial charge in [0, 0.05) is 40.3 Å². The smallest absolute Gasteiger partial charge is 0.251 e. The summed E-state index contributed by atoms with van der Waals surface area (Å²) in [6, 6.07) is 18.6. The van der Waals surface area contributed by atoms with Crippen LogP contribution in [0, 0.1) is 0 Å². The van der Waals surface area contributed by atoms with Crippen molar-refractivity contribution in [2.75, 3.05) is 5.32 Å². The minimum atomic E-state index is -0.142. The van der Waals surface area contributed by atoms with Crippen LogP contribution in [0.4, 0.5) is 10.8 Å². The lowest BCUT2D eigenvalue weighted by atomic mass is 10.1. The molecule has 4 aromatic rings. The summed E-state index contributed by atoms with van der Waals surface area (Å²) in [5, 5.41) is 8.74. The highest BCUT2D eigenvalue weighted by molar-refractivity contribution is 7.13. The van der Waals surface area contributed by atoms with Crippen molar-refractivity contribution < 1.29 is 9.59 Å². The van der Waals surface area contributed by atoms with Crippen LogP contribution >= 0.6 is 11.3 Å². The number of thiazole rings is 1. The van der Waals surface area contributed by atoms with E-state index in [4.69, 9.17) is 0 Å². The molecular formula is C23H20N4O2S. The standard InChI is InChI=1S/C23H20N4O2S/c1-16(28)17-4-8-19(9-5-17)25-23-26-20(15-30-23)14-24-22(29)18-6-10-21(11-7-18)27-12-2-3-13-27/h2-13,15H,14H2,1H3,(H,24,29)(H,25,26). The zero-order valence-electron chi connectivity index (χ0n) is 16.3. The first-order chi connectivity index (χ1) is 14.6. The van der Waals surface area contributed by atoms with E-state index in [2.05, 4.69) is 15.6 Å². The first-order valence-electron chi connectivity index (χ1n) is 9.42. The Morgan fingerprint density at radius 2 is 1.63 bits per heavy atom. The van der Waals surface area contributed by atoms with Crippen molar-refractivity contribution in [3.05, 3.63) is 95.3 Å². The van der Waals surface area contributed by atoms with E-state index in [9.17, 15) is 9.59 Å². The zero-order chi connectivity index (χ0) is 20.9. The molecule has 0 radical (unpaired) electrons. The van der Waals surface area contributed by atoms with Gasteiger partial charge in [0.15, 0.2) is 10.9 Å². The Kier molecular flexibility index (Phi) is 5.72. The van der Waals surface area contributed by atoms with Crippen molar-refractivity contribution in [1.29, 1.82) is 0 Å². The van der Waals surface area contributed by atoms with Gasteiger partial charge in [-0.1, -0.05) is 0 Å². The fraction of sp³-hybridized carbons (Fsp3) is 0.0870. The maximum absolute atomic E-state index is 12.4. The number of ketones is 1. The number of anilines is 2. The third-order valence-electron chi connectivity index (χ3n) is 4.56. The second-order valence-corrected chi connectivity index (χ2v) is 7.58. The molecule has 0 saturated carbocycles. The maximum Gasteiger partial charge on any atom is 0.251 e. The summed E-state index contributed by atoms with van der Waals surface area (Å²) in [6.45, 7) is 1.89. The molecular weight excluding hydrogens is 396 g/mol. The minimum Gasteiger partial charge on any atom is -0.346 e. The third kappa shape index (κ3) is 4.64. The fourth-order valence-electron chi connectivity index (χ4n) is 2.92. The van der Waals surface area contributed by atoms with Crippen LogP contribution in [0.3, 0.4) is 0 Å². The minimum absolute atomic E-state index is 0.0354. The van der Waals surface area contributed by atoms with E-state index in [0.29, 0.717) is 17.7 Å². The highest BCUT2D eigenvalue weighted by Crippen LogP contribution is 2.21. The summed E-state index contributed by atoms with van der Waals surface area (Å²) in [4.78, 5) is 28.3. The van der Waals surface area contributed by atoms with E-state index >= 15 is 0 Å². The molecule has 2 N–H and O–H groups in total. The van der Waals surface area contributed by atoms with Crippen molar-refractivity contribution in [3.8, 4) is 5.69 Å². The maximum atomic E-state index is 12.4. The molecule has 0 fully saturated rings. The lowest BCUT2D eigenvalue weighted by Gasteiger charge is -2.06. The number of hydrogen-bond donors (Lipinski definition) is 2. The predicted octanol–water partition coefficient (Wildman–Crippen LogP) is 4.81. The van der Waals surface area contributed by atoms with E-state index in [1.54, 1.807) is 19.1 Å². The molecule has 0 unspecified atom stereocenters. The van der Waals surface area contributed by atoms with Gasteiger partial charge < -0.3 is 15.2 Å². The molecule has 0 atom stereocenters. The van der Waals surface area contributed by atoms with Crippen LogP contribution < -0.4 is 10.6 Å². The molecule has 150 valence electrons. The van der Waals surface area contributed by atoms with Gasteiger partial charge in [-0.3, -0.25) is 9.59 Å². The Labute approximate surface area is 178 Å². The normalized spacial score (nSPS) is 10.6. The number of nitrogens with zero attached hydrogens (tertiary/aromatic N) is 2. The molecule has 0 aliphatic carbocycles. The van der Waals surface area contributed by atoms with E-state index in [0.717, 1.165) is 22.2 Å². The van der Waals surface area contributed by atoms with E-state index in [-0.39, 0.29) is 11.7 Å². The van der Waals surface area contributed by atoms with E-state index in [1.165, 1.54) is 11.3 Å². The van der Waals surface area contributed by atoms with Gasteiger partial charge in [0.2, 0.25) is 0 Å². The van der Waals surface area contributed by atoms with Crippen LogP contribution in [0.25, 0.3) is 5.69 Å². The average Bonchev–Trinajstić information content (AvgIpc) is 3.45. The SMILES string of the molecule is CC(=O)c1ccc(Nc2nc(CNC(=O)c3ccc(-n4cccc4)cc3)cs2)cc1. The summed E-state index contributed by atoms with van der Waals surface area (Å²) in [5.41, 5.74) is 3.91. The number of Topliss-reactive ketones (excluding diaryl/α,β-unsaturated/α-hetero) is 1. The van der Waals surface area contributed by atoms with Crippen LogP contribution in [0.2, 0.25) is 0 Å². The fourth-order valence-corrected chi connectivity index (χ4v) is 3.65. The van der Waals surface area contributed by atoms with Crippen LogP contribution in [0.5, 0.6) is 0 Å². The molecule has 30 heavy (non-hydrogen) atoms. The monoisotopic (exact) mass is 416 g/mol. The number of benzene rings is 2. The Hall–Kier alpha value is -3.71. The average molecular weight is 417 g/mol. The molecule has 0 saturated heterocycles. The molecule has 6 nitrogen and oxygen atoms in total. The van der Waals surface area contributed by atoms with Crippen LogP contribution in [0.15, 0.2) is 78.4 Å². The van der Waals surface area contributed by atoms with Crippen molar-refractivity contribution in [2.24, 2.45) is 0 Å². The third-order valence-corrected chi connectivity index (χ3v) is 5.36. The zero-order valence-corrected chi connectivity index (χ0v) is 17.1. The van der Waals surface area contributed by atoms with Gasteiger partial charge in [0.1, 0.15) is 0 Å². The number of carbonyl (C=O) groups excluding carboxylic acids is 2. The molecule has 0 spiro atoms. The predicted molar refractivity (Wildman–Crippen MR) is 119 cm³/mol. The van der Waals surface area contributed by atoms with Crippen molar-refractivity contribution in [3.63, 3.8) is 0 Å². The van der Waals surface area contributed by atoms with Gasteiger partial charge in [-0.25, -0.2) is 4.98 Å². The molecule has 1 amide bonds. The number of carbonyl (C=O) groups is 2. The van der Waals surface area contributed by atoms with Crippen molar-refractivity contribution >= 4 is 33.8 Å². The molecule has 0 bridgehead atoms. The number of rotatable bonds is 7. The van der Waals surface area contributed by atoms with Crippen LogP contribution in [-0.4, -0.2) is 21.2 Å². The Balaban J connectivity index is 1.32. The number of aromatic nitrogens is 2. The van der Waals surface area contributed by atoms with Gasteiger partial charge in [0.25, 0.3) is 5.91 Å². The summed E-state index contributed by atoms with van der Waals surface area (Å²) in [7, 11) is 0. The van der Waals surface area contributed by atoms with Crippen LogP contribution in [-0.2, 0) is 6.54 Å². The molecule has 2 aromatic heterocycles. The summed E-state index contributed by atoms with van der Waals surface area (Å²) < 4.78 is 1.99. The van der Waals surface area contributed by atoms with Gasteiger partial charge in [-0.15, -0.1) is 11.3 Å². The first-order valence-corrected chi connectivity index (χ1v) is 10.3. The number of amides is 1. The number of hydrogen-bond acceptors (Lipinski definition) is 5. The Morgan fingerprint density at radius 3 is 2.30 bits per heavy atom. The van der Waals surface area contributed by atoms with Gasteiger partial charge in [-0.2, -0.15) is 0 Å². The summed E-state index contributed by atoms with van der Waals surface area (Å²) in [5.74, 6) is -0.107. The number of nitrogens with one attached hydrogen (secondary N) is 2. The van der Waals surface area contributed by atoms with Gasteiger partial charge in [-0.05, 0) is 67.6 Å². The summed E-state index contributed by atoms with van der Waals surface area (Å²) >= 11 is 1.46. The summed E-state index contributed by atoms with van der Waals surface area (Å²) in [6.07, 6.45) is 3.92. The quantitative estimate of drug-likeness (QED) is 0.424. The topological polar surface area (TPSA) is 76.0 Å². The van der Waals surface area contributed by atoms with E-state index < -0.39 is 0 Å².